The first-order valence-electron chi connectivity index (χ1n) is 5.58. The molecule has 2 heterocycles. The quantitative estimate of drug-likeness (QED) is 0.714. The fraction of sp³-hybridized carbons (Fsp3) is 0. The van der Waals surface area contributed by atoms with Crippen LogP contribution in [0, 0.1) is 0 Å². The molecule has 0 saturated carbocycles. The number of nitrogens with one attached hydrogen (secondary N) is 2. The Morgan fingerprint density at radius 3 is 2.89 bits per heavy atom. The molecule has 1 aromatic carbocycles. The van der Waals surface area contributed by atoms with Crippen LogP contribution in [-0.4, -0.2) is 21.1 Å². The van der Waals surface area contributed by atoms with Crippen molar-refractivity contribution >= 4 is 38.4 Å². The van der Waals surface area contributed by atoms with Gasteiger partial charge in [0.25, 0.3) is 5.91 Å². The van der Waals surface area contributed by atoms with Crippen molar-refractivity contribution in [1.82, 2.24) is 15.2 Å². The summed E-state index contributed by atoms with van der Waals surface area (Å²) in [5, 5.41) is 10.5. The van der Waals surface area contributed by atoms with E-state index < -0.39 is 0 Å². The third kappa shape index (κ3) is 2.48. The van der Waals surface area contributed by atoms with Crippen LogP contribution in [0.15, 0.2) is 47.3 Å². The van der Waals surface area contributed by atoms with Crippen LogP contribution in [0.3, 0.4) is 0 Å². The van der Waals surface area contributed by atoms with E-state index in [1.807, 2.05) is 6.07 Å². The van der Waals surface area contributed by atoms with E-state index in [4.69, 9.17) is 0 Å². The number of carbonyl (C=O) groups excluding carboxylic acids is 1. The summed E-state index contributed by atoms with van der Waals surface area (Å²) in [6, 6.07) is 8.94. The molecule has 0 atom stereocenters. The maximum absolute atomic E-state index is 12.1. The lowest BCUT2D eigenvalue weighted by atomic mass is 10.1. The summed E-state index contributed by atoms with van der Waals surface area (Å²) in [5.74, 6) is -0.180. The van der Waals surface area contributed by atoms with Crippen molar-refractivity contribution in [3.63, 3.8) is 0 Å². The monoisotopic (exact) mass is 316 g/mol. The topological polar surface area (TPSA) is 70.7 Å². The van der Waals surface area contributed by atoms with Crippen LogP contribution in [0.5, 0.6) is 0 Å². The predicted octanol–water partition coefficient (Wildman–Crippen LogP) is 2.97. The molecule has 2 N–H and O–H groups in total. The number of anilines is 1. The first-order chi connectivity index (χ1) is 9.22. The van der Waals surface area contributed by atoms with Crippen LogP contribution in [0.4, 0.5) is 5.69 Å². The highest BCUT2D eigenvalue weighted by molar-refractivity contribution is 9.10. The summed E-state index contributed by atoms with van der Waals surface area (Å²) in [6.45, 7) is 0. The zero-order chi connectivity index (χ0) is 13.2. The smallest absolute Gasteiger partial charge is 0.255 e. The third-order valence-corrected chi connectivity index (χ3v) is 3.16. The maximum atomic E-state index is 12.1. The van der Waals surface area contributed by atoms with Crippen molar-refractivity contribution in [2.75, 3.05) is 5.32 Å². The minimum Gasteiger partial charge on any atom is -0.321 e. The molecule has 6 heteroatoms. The van der Waals surface area contributed by atoms with Crippen LogP contribution in [0.2, 0.25) is 0 Å². The first kappa shape index (κ1) is 11.9. The van der Waals surface area contributed by atoms with Gasteiger partial charge in [0, 0.05) is 10.9 Å². The van der Waals surface area contributed by atoms with Gasteiger partial charge in [-0.15, -0.1) is 0 Å². The van der Waals surface area contributed by atoms with Gasteiger partial charge in [0.2, 0.25) is 0 Å². The zero-order valence-corrected chi connectivity index (χ0v) is 11.3. The lowest BCUT2D eigenvalue weighted by molar-refractivity contribution is 0.102. The number of pyridine rings is 1. The predicted molar refractivity (Wildman–Crippen MR) is 76.0 cm³/mol. The third-order valence-electron chi connectivity index (χ3n) is 2.69. The van der Waals surface area contributed by atoms with Gasteiger partial charge in [-0.05, 0) is 40.2 Å². The van der Waals surface area contributed by atoms with Crippen molar-refractivity contribution in [2.45, 2.75) is 0 Å². The first-order valence-corrected chi connectivity index (χ1v) is 6.38. The second kappa shape index (κ2) is 4.81. The molecule has 3 aromatic rings. The van der Waals surface area contributed by atoms with Crippen molar-refractivity contribution in [2.24, 2.45) is 0 Å². The van der Waals surface area contributed by atoms with Crippen LogP contribution in [0.25, 0.3) is 10.9 Å². The number of benzene rings is 1. The number of hydrogen-bond acceptors (Lipinski definition) is 3. The fourth-order valence-electron chi connectivity index (χ4n) is 1.73. The molecule has 0 aliphatic rings. The number of aromatic amines is 1. The molecule has 0 bridgehead atoms. The Hall–Kier alpha value is -2.21. The largest absolute Gasteiger partial charge is 0.321 e. The Morgan fingerprint density at radius 2 is 2.11 bits per heavy atom. The van der Waals surface area contributed by atoms with Gasteiger partial charge >= 0.3 is 0 Å². The Morgan fingerprint density at radius 1 is 1.21 bits per heavy atom. The van der Waals surface area contributed by atoms with Crippen LogP contribution in [0.1, 0.15) is 10.4 Å². The Balaban J connectivity index is 1.84. The summed E-state index contributed by atoms with van der Waals surface area (Å²) in [5.41, 5.74) is 2.05. The van der Waals surface area contributed by atoms with Crippen LogP contribution < -0.4 is 5.32 Å². The molecule has 5 nitrogen and oxygen atoms in total. The molecule has 2 aromatic heterocycles. The zero-order valence-electron chi connectivity index (χ0n) is 9.72. The van der Waals surface area contributed by atoms with Crippen molar-refractivity contribution in [3.05, 3.63) is 52.9 Å². The number of nitrogens with zero attached hydrogens (tertiary/aromatic N) is 2. The minimum absolute atomic E-state index is 0.180. The second-order valence-electron chi connectivity index (χ2n) is 4.00. The van der Waals surface area contributed by atoms with E-state index in [2.05, 4.69) is 36.4 Å². The number of halogens is 1. The standard InChI is InChI=1S/C13H9BrN4O/c14-12-4-3-10(7-15-12)17-13(19)8-1-2-9-6-16-18-11(9)5-8/h1-7H,(H,16,18)(H,17,19). The number of amides is 1. The van der Waals surface area contributed by atoms with Gasteiger partial charge < -0.3 is 5.32 Å². The summed E-state index contributed by atoms with van der Waals surface area (Å²) in [6.07, 6.45) is 3.31. The number of H-pyrrole nitrogens is 1. The summed E-state index contributed by atoms with van der Waals surface area (Å²) in [4.78, 5) is 16.1. The molecule has 94 valence electrons. The van der Waals surface area contributed by atoms with Gasteiger partial charge in [0.15, 0.2) is 0 Å². The van der Waals surface area contributed by atoms with Crippen LogP contribution in [-0.2, 0) is 0 Å². The van der Waals surface area contributed by atoms with Crippen molar-refractivity contribution in [1.29, 1.82) is 0 Å². The average molecular weight is 317 g/mol. The SMILES string of the molecule is O=C(Nc1ccc(Br)nc1)c1ccc2cn[nH]c2c1. The van der Waals surface area contributed by atoms with Gasteiger partial charge in [0.1, 0.15) is 4.60 Å². The molecular weight excluding hydrogens is 308 g/mol. The molecule has 0 spiro atoms. The molecule has 0 unspecified atom stereocenters. The van der Waals surface area contributed by atoms with E-state index in [1.54, 1.807) is 36.7 Å². The fourth-order valence-corrected chi connectivity index (χ4v) is 1.97. The van der Waals surface area contributed by atoms with Gasteiger partial charge in [0.05, 0.1) is 23.6 Å². The lowest BCUT2D eigenvalue weighted by Crippen LogP contribution is -2.11. The number of aromatic nitrogens is 3. The Bertz CT molecular complexity index is 736. The van der Waals surface area contributed by atoms with Crippen molar-refractivity contribution in [3.8, 4) is 0 Å². The van der Waals surface area contributed by atoms with E-state index in [-0.39, 0.29) is 5.91 Å². The van der Waals surface area contributed by atoms with E-state index in [9.17, 15) is 4.79 Å². The van der Waals surface area contributed by atoms with Gasteiger partial charge in [-0.25, -0.2) is 4.98 Å². The second-order valence-corrected chi connectivity index (χ2v) is 4.81. The van der Waals surface area contributed by atoms with Gasteiger partial charge in [-0.1, -0.05) is 6.07 Å². The summed E-state index contributed by atoms with van der Waals surface area (Å²) >= 11 is 3.24. The Kier molecular flexibility index (Phi) is 3.00. The summed E-state index contributed by atoms with van der Waals surface area (Å²) < 4.78 is 0.726. The molecule has 0 aliphatic carbocycles. The molecule has 0 saturated heterocycles. The van der Waals surface area contributed by atoms with E-state index in [1.165, 1.54) is 0 Å². The van der Waals surface area contributed by atoms with Gasteiger partial charge in [-0.2, -0.15) is 5.10 Å². The number of rotatable bonds is 2. The minimum atomic E-state index is -0.180. The normalized spacial score (nSPS) is 10.6. The molecule has 19 heavy (non-hydrogen) atoms. The highest BCUT2D eigenvalue weighted by Crippen LogP contribution is 2.15. The van der Waals surface area contributed by atoms with Gasteiger partial charge in [-0.3, -0.25) is 9.89 Å². The molecule has 0 aliphatic heterocycles. The lowest BCUT2D eigenvalue weighted by Gasteiger charge is -2.04. The number of carbonyl (C=O) groups is 1. The van der Waals surface area contributed by atoms with E-state index in [0.29, 0.717) is 11.3 Å². The molecule has 3 rings (SSSR count). The number of hydrogen-bond donors (Lipinski definition) is 2. The molecular formula is C13H9BrN4O. The van der Waals surface area contributed by atoms with E-state index >= 15 is 0 Å². The van der Waals surface area contributed by atoms with Crippen LogP contribution >= 0.6 is 15.9 Å². The molecule has 1 amide bonds. The van der Waals surface area contributed by atoms with E-state index in [0.717, 1.165) is 15.5 Å². The highest BCUT2D eigenvalue weighted by Gasteiger charge is 2.07. The molecule has 0 radical (unpaired) electrons. The average Bonchev–Trinajstić information content (AvgIpc) is 2.88. The highest BCUT2D eigenvalue weighted by atomic mass is 79.9. The number of fused-ring (bicyclic) bond motifs is 1. The summed E-state index contributed by atoms with van der Waals surface area (Å²) in [7, 11) is 0. The maximum Gasteiger partial charge on any atom is 0.255 e. The van der Waals surface area contributed by atoms with Crippen molar-refractivity contribution < 1.29 is 4.79 Å². The molecule has 0 fully saturated rings. The Labute approximate surface area is 117 Å².